The summed E-state index contributed by atoms with van der Waals surface area (Å²) in [5.41, 5.74) is 1.51. The van der Waals surface area contributed by atoms with Gasteiger partial charge in [0.25, 0.3) is 11.8 Å². The minimum Gasteiger partial charge on any atom is -0.489 e. The molecule has 1 fully saturated rings. The predicted octanol–water partition coefficient (Wildman–Crippen LogP) is 2.54. The molecule has 10 nitrogen and oxygen atoms in total. The third-order valence-corrected chi connectivity index (χ3v) is 6.18. The Balaban J connectivity index is 1.27. The van der Waals surface area contributed by atoms with E-state index in [1.165, 1.54) is 17.2 Å². The van der Waals surface area contributed by atoms with Crippen molar-refractivity contribution < 1.29 is 23.8 Å². The predicted molar refractivity (Wildman–Crippen MR) is 135 cm³/mol. The lowest BCUT2D eigenvalue weighted by atomic mass is 10.0. The van der Waals surface area contributed by atoms with Gasteiger partial charge in [0.1, 0.15) is 29.8 Å². The van der Waals surface area contributed by atoms with Crippen LogP contribution in [-0.2, 0) is 16.6 Å². The van der Waals surface area contributed by atoms with Crippen LogP contribution in [0.5, 0.6) is 17.2 Å². The number of aromatic nitrogens is 3. The molecule has 0 unspecified atom stereocenters. The van der Waals surface area contributed by atoms with Gasteiger partial charge in [0.2, 0.25) is 0 Å². The van der Waals surface area contributed by atoms with Gasteiger partial charge in [0, 0.05) is 51.1 Å². The molecule has 2 aromatic heterocycles. The van der Waals surface area contributed by atoms with Crippen LogP contribution in [0.25, 0.3) is 0 Å². The Hall–Kier alpha value is -4.36. The van der Waals surface area contributed by atoms with Crippen LogP contribution in [0.3, 0.4) is 0 Å². The highest BCUT2D eigenvalue weighted by Gasteiger charge is 2.31. The molecule has 2 amide bonds. The molecule has 2 aliphatic heterocycles. The molecule has 0 bridgehead atoms. The van der Waals surface area contributed by atoms with Crippen LogP contribution in [0, 0.1) is 17.8 Å². The van der Waals surface area contributed by atoms with E-state index in [1.54, 1.807) is 43.3 Å². The second-order valence-corrected chi connectivity index (χ2v) is 8.90. The molecule has 4 heterocycles. The summed E-state index contributed by atoms with van der Waals surface area (Å²) in [5, 5.41) is 6.79. The van der Waals surface area contributed by atoms with Gasteiger partial charge in [-0.25, -0.2) is 0 Å². The first-order valence-corrected chi connectivity index (χ1v) is 12.0. The molecule has 190 valence electrons. The van der Waals surface area contributed by atoms with E-state index in [1.807, 2.05) is 12.1 Å². The Bertz CT molecular complexity index is 1370. The van der Waals surface area contributed by atoms with Gasteiger partial charge < -0.3 is 24.4 Å². The first-order chi connectivity index (χ1) is 18.0. The van der Waals surface area contributed by atoms with Gasteiger partial charge in [-0.3, -0.25) is 19.3 Å². The third kappa shape index (κ3) is 5.73. The van der Waals surface area contributed by atoms with Gasteiger partial charge in [-0.15, -0.1) is 0 Å². The van der Waals surface area contributed by atoms with Crippen LogP contribution < -0.4 is 19.7 Å². The van der Waals surface area contributed by atoms with Crippen LogP contribution in [-0.4, -0.2) is 59.5 Å². The Morgan fingerprint density at radius 2 is 2.00 bits per heavy atom. The zero-order chi connectivity index (χ0) is 25.8. The van der Waals surface area contributed by atoms with Gasteiger partial charge >= 0.3 is 0 Å². The van der Waals surface area contributed by atoms with Gasteiger partial charge in [0.05, 0.1) is 18.1 Å². The zero-order valence-electron chi connectivity index (χ0n) is 20.6. The first kappa shape index (κ1) is 24.3. The summed E-state index contributed by atoms with van der Waals surface area (Å²) in [6, 6.07) is 7.76. The van der Waals surface area contributed by atoms with Crippen LogP contribution in [0.15, 0.2) is 48.9 Å². The number of rotatable bonds is 4. The highest BCUT2D eigenvalue weighted by molar-refractivity contribution is 6.03. The van der Waals surface area contributed by atoms with E-state index < -0.39 is 11.9 Å². The fourth-order valence-electron chi connectivity index (χ4n) is 4.13. The SMILES string of the molecule is CN1C(=O)[C@@H](NC(=O)c2cc(Oc3cnn(C)c3)ccn2)COc2ccc(C#CC3CCOCC3)cc21. The van der Waals surface area contributed by atoms with E-state index >= 15 is 0 Å². The second kappa shape index (κ2) is 10.7. The quantitative estimate of drug-likeness (QED) is 0.548. The number of fused-ring (bicyclic) bond motifs is 1. The fraction of sp³-hybridized carbons (Fsp3) is 0.333. The topological polar surface area (TPSA) is 108 Å². The number of anilines is 1. The minimum atomic E-state index is -0.897. The van der Waals surface area contributed by atoms with Crippen molar-refractivity contribution in [1.82, 2.24) is 20.1 Å². The Kier molecular flexibility index (Phi) is 7.05. The summed E-state index contributed by atoms with van der Waals surface area (Å²) in [6.07, 6.45) is 6.59. The summed E-state index contributed by atoms with van der Waals surface area (Å²) < 4.78 is 18.6. The largest absolute Gasteiger partial charge is 0.489 e. The van der Waals surface area contributed by atoms with E-state index in [4.69, 9.17) is 14.2 Å². The van der Waals surface area contributed by atoms with Gasteiger partial charge in [0.15, 0.2) is 5.75 Å². The number of amides is 2. The summed E-state index contributed by atoms with van der Waals surface area (Å²) in [4.78, 5) is 31.8. The molecule has 0 aliphatic carbocycles. The lowest BCUT2D eigenvalue weighted by Crippen LogP contribution is -2.49. The number of carbonyl (C=O) groups excluding carboxylic acids is 2. The van der Waals surface area contributed by atoms with E-state index in [2.05, 4.69) is 27.2 Å². The van der Waals surface area contributed by atoms with Crippen molar-refractivity contribution in [3.05, 3.63) is 60.2 Å². The standard InChI is InChI=1S/C27H27N5O5/c1-31-16-21(15-29-31)37-20-7-10-28-22(14-20)26(33)30-23-17-36-25-6-5-19(13-24(25)32(2)27(23)34)4-3-18-8-11-35-12-9-18/h5-7,10,13-16,18,23H,8-9,11-12,17H2,1-2H3,(H,30,33)/t23-/m0/s1. The number of nitrogens with one attached hydrogen (secondary N) is 1. The number of pyridine rings is 1. The summed E-state index contributed by atoms with van der Waals surface area (Å²) in [5.74, 6) is 7.53. The number of aryl methyl sites for hydroxylation is 1. The molecule has 1 saturated heterocycles. The van der Waals surface area contributed by atoms with E-state index in [0.717, 1.165) is 31.6 Å². The molecule has 37 heavy (non-hydrogen) atoms. The maximum atomic E-state index is 13.2. The Morgan fingerprint density at radius 1 is 1.16 bits per heavy atom. The van der Waals surface area contributed by atoms with Crippen molar-refractivity contribution in [3.63, 3.8) is 0 Å². The van der Waals surface area contributed by atoms with E-state index in [9.17, 15) is 9.59 Å². The molecule has 2 aliphatic rings. The average molecular weight is 502 g/mol. The summed E-state index contributed by atoms with van der Waals surface area (Å²) >= 11 is 0. The minimum absolute atomic E-state index is 0.0130. The van der Waals surface area contributed by atoms with Crippen LogP contribution in [0.1, 0.15) is 28.9 Å². The van der Waals surface area contributed by atoms with Crippen LogP contribution in [0.2, 0.25) is 0 Å². The molecule has 1 N–H and O–H groups in total. The van der Waals surface area contributed by atoms with Crippen LogP contribution in [0.4, 0.5) is 5.69 Å². The van der Waals surface area contributed by atoms with Gasteiger partial charge in [-0.2, -0.15) is 5.10 Å². The normalized spacial score (nSPS) is 17.6. The van der Waals surface area contributed by atoms with E-state index in [-0.39, 0.29) is 18.2 Å². The van der Waals surface area contributed by atoms with Gasteiger partial charge in [-0.05, 0) is 37.1 Å². The second-order valence-electron chi connectivity index (χ2n) is 8.90. The fourth-order valence-corrected chi connectivity index (χ4v) is 4.13. The first-order valence-electron chi connectivity index (χ1n) is 12.0. The maximum Gasteiger partial charge on any atom is 0.270 e. The summed E-state index contributed by atoms with van der Waals surface area (Å²) in [6.45, 7) is 1.46. The molecule has 0 saturated carbocycles. The molecule has 0 spiro atoms. The number of benzene rings is 1. The van der Waals surface area contributed by atoms with Gasteiger partial charge in [-0.1, -0.05) is 11.8 Å². The lowest BCUT2D eigenvalue weighted by molar-refractivity contribution is -0.120. The Morgan fingerprint density at radius 3 is 2.78 bits per heavy atom. The molecule has 1 aromatic carbocycles. The van der Waals surface area contributed by atoms with Crippen molar-refractivity contribution in [2.75, 3.05) is 31.8 Å². The number of likely N-dealkylation sites (N-methyl/N-ethyl adjacent to an activating group) is 1. The number of nitrogens with zero attached hydrogens (tertiary/aromatic N) is 4. The number of carbonyl (C=O) groups is 2. The number of hydrogen-bond donors (Lipinski definition) is 1. The average Bonchev–Trinajstić information content (AvgIpc) is 3.29. The molecule has 3 aromatic rings. The smallest absolute Gasteiger partial charge is 0.270 e. The molecule has 10 heteroatoms. The van der Waals surface area contributed by atoms with Crippen molar-refractivity contribution in [2.45, 2.75) is 18.9 Å². The highest BCUT2D eigenvalue weighted by atomic mass is 16.5. The van der Waals surface area contributed by atoms with Crippen molar-refractivity contribution >= 4 is 17.5 Å². The molecule has 1 atom stereocenters. The van der Waals surface area contributed by atoms with Crippen LogP contribution >= 0.6 is 0 Å². The highest BCUT2D eigenvalue weighted by Crippen LogP contribution is 2.31. The van der Waals surface area contributed by atoms with Crippen molar-refractivity contribution in [1.29, 1.82) is 0 Å². The lowest BCUT2D eigenvalue weighted by Gasteiger charge is -2.20. The monoisotopic (exact) mass is 501 g/mol. The van der Waals surface area contributed by atoms with Crippen molar-refractivity contribution in [2.24, 2.45) is 13.0 Å². The maximum absolute atomic E-state index is 13.2. The number of ether oxygens (including phenoxy) is 3. The van der Waals surface area contributed by atoms with E-state index in [0.29, 0.717) is 28.9 Å². The zero-order valence-corrected chi connectivity index (χ0v) is 20.6. The number of hydrogen-bond acceptors (Lipinski definition) is 7. The third-order valence-electron chi connectivity index (χ3n) is 6.18. The molecular weight excluding hydrogens is 474 g/mol. The summed E-state index contributed by atoms with van der Waals surface area (Å²) in [7, 11) is 3.44. The molecule has 5 rings (SSSR count). The molecular formula is C27H27N5O5. The Labute approximate surface area is 214 Å². The molecule has 0 radical (unpaired) electrons. The van der Waals surface area contributed by atoms with Crippen molar-refractivity contribution in [3.8, 4) is 29.1 Å².